The molecule has 0 saturated carbocycles. The van der Waals surface area contributed by atoms with Crippen LogP contribution in [0.15, 0.2) is 22.7 Å². The van der Waals surface area contributed by atoms with E-state index in [9.17, 15) is 4.39 Å². The Morgan fingerprint density at radius 3 is 2.38 bits per heavy atom. The molecular formula is C11H16BrF. The van der Waals surface area contributed by atoms with Crippen LogP contribution in [0, 0.1) is 5.82 Å². The Hall–Kier alpha value is -0.370. The SMILES string of the molecule is CC.CCCc1ccc(Br)cc1F. The largest absolute Gasteiger partial charge is 0.207 e. The van der Waals surface area contributed by atoms with Crippen LogP contribution >= 0.6 is 15.9 Å². The molecule has 0 aliphatic carbocycles. The van der Waals surface area contributed by atoms with Crippen LogP contribution in [0.25, 0.3) is 0 Å². The summed E-state index contributed by atoms with van der Waals surface area (Å²) in [6.45, 7) is 6.04. The lowest BCUT2D eigenvalue weighted by Gasteiger charge is -2.00. The third-order valence-corrected chi connectivity index (χ3v) is 2.03. The fourth-order valence-corrected chi connectivity index (χ4v) is 1.33. The zero-order valence-corrected chi connectivity index (χ0v) is 9.99. The Morgan fingerprint density at radius 1 is 1.31 bits per heavy atom. The van der Waals surface area contributed by atoms with E-state index in [-0.39, 0.29) is 5.82 Å². The molecule has 1 aromatic rings. The van der Waals surface area contributed by atoms with Gasteiger partial charge in [-0.05, 0) is 24.1 Å². The summed E-state index contributed by atoms with van der Waals surface area (Å²) in [7, 11) is 0. The van der Waals surface area contributed by atoms with Crippen LogP contribution in [-0.4, -0.2) is 0 Å². The van der Waals surface area contributed by atoms with Gasteiger partial charge in [0.25, 0.3) is 0 Å². The highest BCUT2D eigenvalue weighted by Crippen LogP contribution is 2.16. The zero-order chi connectivity index (χ0) is 10.3. The average molecular weight is 247 g/mol. The molecule has 0 radical (unpaired) electrons. The van der Waals surface area contributed by atoms with Gasteiger partial charge in [0.05, 0.1) is 0 Å². The summed E-state index contributed by atoms with van der Waals surface area (Å²) in [5.74, 6) is -0.110. The lowest BCUT2D eigenvalue weighted by molar-refractivity contribution is 0.606. The Bertz CT molecular complexity index is 246. The first-order valence-corrected chi connectivity index (χ1v) is 5.47. The van der Waals surface area contributed by atoms with Gasteiger partial charge >= 0.3 is 0 Å². The van der Waals surface area contributed by atoms with E-state index in [0.717, 1.165) is 22.9 Å². The quantitative estimate of drug-likeness (QED) is 0.718. The van der Waals surface area contributed by atoms with Crippen LogP contribution in [0.4, 0.5) is 4.39 Å². The number of hydrogen-bond donors (Lipinski definition) is 0. The van der Waals surface area contributed by atoms with Gasteiger partial charge in [-0.25, -0.2) is 4.39 Å². The minimum atomic E-state index is -0.110. The van der Waals surface area contributed by atoms with Crippen molar-refractivity contribution in [3.63, 3.8) is 0 Å². The molecule has 0 spiro atoms. The zero-order valence-electron chi connectivity index (χ0n) is 8.40. The van der Waals surface area contributed by atoms with Gasteiger partial charge < -0.3 is 0 Å². The predicted octanol–water partition coefficient (Wildman–Crippen LogP) is 4.57. The van der Waals surface area contributed by atoms with Crippen molar-refractivity contribution in [1.82, 2.24) is 0 Å². The number of benzene rings is 1. The highest BCUT2D eigenvalue weighted by atomic mass is 79.9. The van der Waals surface area contributed by atoms with E-state index in [1.165, 1.54) is 6.07 Å². The van der Waals surface area contributed by atoms with Crippen molar-refractivity contribution >= 4 is 15.9 Å². The molecule has 0 atom stereocenters. The van der Waals surface area contributed by atoms with Crippen molar-refractivity contribution in [2.75, 3.05) is 0 Å². The molecule has 1 aromatic carbocycles. The fourth-order valence-electron chi connectivity index (χ4n) is 0.994. The van der Waals surface area contributed by atoms with E-state index in [4.69, 9.17) is 0 Å². The van der Waals surface area contributed by atoms with Gasteiger partial charge in [-0.3, -0.25) is 0 Å². The van der Waals surface area contributed by atoms with Crippen LogP contribution in [-0.2, 0) is 6.42 Å². The first-order chi connectivity index (χ1) is 6.24. The summed E-state index contributed by atoms with van der Waals surface area (Å²) in [6, 6.07) is 5.20. The van der Waals surface area contributed by atoms with Gasteiger partial charge in [-0.1, -0.05) is 49.2 Å². The molecule has 0 bridgehead atoms. The maximum absolute atomic E-state index is 13.0. The van der Waals surface area contributed by atoms with Gasteiger partial charge in [0, 0.05) is 4.47 Å². The van der Waals surface area contributed by atoms with Crippen molar-refractivity contribution in [3.8, 4) is 0 Å². The third-order valence-electron chi connectivity index (χ3n) is 1.53. The number of hydrogen-bond acceptors (Lipinski definition) is 0. The molecular weight excluding hydrogens is 231 g/mol. The molecule has 0 saturated heterocycles. The Kier molecular flexibility index (Phi) is 6.87. The molecule has 0 fully saturated rings. The Labute approximate surface area is 88.3 Å². The van der Waals surface area contributed by atoms with Crippen molar-refractivity contribution in [1.29, 1.82) is 0 Å². The molecule has 0 amide bonds. The lowest BCUT2D eigenvalue weighted by Crippen LogP contribution is -1.88. The monoisotopic (exact) mass is 246 g/mol. The molecule has 0 aromatic heterocycles. The topological polar surface area (TPSA) is 0 Å². The van der Waals surface area contributed by atoms with Crippen molar-refractivity contribution in [2.24, 2.45) is 0 Å². The molecule has 0 aliphatic heterocycles. The molecule has 0 aliphatic rings. The van der Waals surface area contributed by atoms with E-state index in [1.807, 2.05) is 32.9 Å². The summed E-state index contributed by atoms with van der Waals surface area (Å²) in [4.78, 5) is 0. The molecule has 13 heavy (non-hydrogen) atoms. The van der Waals surface area contributed by atoms with Crippen molar-refractivity contribution < 1.29 is 4.39 Å². The summed E-state index contributed by atoms with van der Waals surface area (Å²) in [5, 5.41) is 0. The van der Waals surface area contributed by atoms with E-state index < -0.39 is 0 Å². The predicted molar refractivity (Wildman–Crippen MR) is 59.4 cm³/mol. The summed E-state index contributed by atoms with van der Waals surface area (Å²) in [6.07, 6.45) is 1.80. The highest BCUT2D eigenvalue weighted by molar-refractivity contribution is 9.10. The second kappa shape index (κ2) is 7.07. The smallest absolute Gasteiger partial charge is 0.127 e. The maximum atomic E-state index is 13.0. The molecule has 0 heterocycles. The molecule has 0 nitrogen and oxygen atoms in total. The van der Waals surface area contributed by atoms with Crippen LogP contribution in [0.1, 0.15) is 32.8 Å². The molecule has 0 unspecified atom stereocenters. The van der Waals surface area contributed by atoms with Gasteiger partial charge in [-0.15, -0.1) is 0 Å². The molecule has 1 rings (SSSR count). The second-order valence-electron chi connectivity index (χ2n) is 2.49. The number of halogens is 2. The van der Waals surface area contributed by atoms with Gasteiger partial charge in [0.15, 0.2) is 0 Å². The molecule has 2 heteroatoms. The van der Waals surface area contributed by atoms with E-state index in [1.54, 1.807) is 0 Å². The normalized spacial score (nSPS) is 9.00. The average Bonchev–Trinajstić information content (AvgIpc) is 2.14. The summed E-state index contributed by atoms with van der Waals surface area (Å²) in [5.41, 5.74) is 0.802. The Morgan fingerprint density at radius 2 is 1.92 bits per heavy atom. The number of rotatable bonds is 2. The number of aryl methyl sites for hydroxylation is 1. The minimum Gasteiger partial charge on any atom is -0.207 e. The first-order valence-electron chi connectivity index (χ1n) is 4.68. The molecule has 0 N–H and O–H groups in total. The van der Waals surface area contributed by atoms with Crippen LogP contribution < -0.4 is 0 Å². The summed E-state index contributed by atoms with van der Waals surface area (Å²) < 4.78 is 13.8. The van der Waals surface area contributed by atoms with Gasteiger partial charge in [0.1, 0.15) is 5.82 Å². The van der Waals surface area contributed by atoms with E-state index in [0.29, 0.717) is 0 Å². The second-order valence-corrected chi connectivity index (χ2v) is 3.40. The van der Waals surface area contributed by atoms with Crippen LogP contribution in [0.2, 0.25) is 0 Å². The fraction of sp³-hybridized carbons (Fsp3) is 0.455. The standard InChI is InChI=1S/C9H10BrF.C2H6/c1-2-3-7-4-5-8(10)6-9(7)11;1-2/h4-6H,2-3H2,1H3;1-2H3. The van der Waals surface area contributed by atoms with Gasteiger partial charge in [-0.2, -0.15) is 0 Å². The van der Waals surface area contributed by atoms with Crippen molar-refractivity contribution in [3.05, 3.63) is 34.1 Å². The summed E-state index contributed by atoms with van der Waals surface area (Å²) >= 11 is 3.21. The van der Waals surface area contributed by atoms with E-state index in [2.05, 4.69) is 15.9 Å². The third kappa shape index (κ3) is 4.41. The minimum absolute atomic E-state index is 0.110. The van der Waals surface area contributed by atoms with Crippen molar-refractivity contribution in [2.45, 2.75) is 33.6 Å². The highest BCUT2D eigenvalue weighted by Gasteiger charge is 1.99. The van der Waals surface area contributed by atoms with Crippen LogP contribution in [0.3, 0.4) is 0 Å². The molecule has 74 valence electrons. The lowest BCUT2D eigenvalue weighted by atomic mass is 10.1. The van der Waals surface area contributed by atoms with E-state index >= 15 is 0 Å². The van der Waals surface area contributed by atoms with Crippen LogP contribution in [0.5, 0.6) is 0 Å². The Balaban J connectivity index is 0.000000671. The van der Waals surface area contributed by atoms with Gasteiger partial charge in [0.2, 0.25) is 0 Å². The maximum Gasteiger partial charge on any atom is 0.127 e. The first kappa shape index (κ1) is 12.6.